The summed E-state index contributed by atoms with van der Waals surface area (Å²) in [6.07, 6.45) is 5.41. The summed E-state index contributed by atoms with van der Waals surface area (Å²) < 4.78 is 24.7. The van der Waals surface area contributed by atoms with Gasteiger partial charge in [0, 0.05) is 26.1 Å². The maximum atomic E-state index is 13.7. The molecule has 2 N–H and O–H groups in total. The third-order valence-corrected chi connectivity index (χ3v) is 4.37. The molecule has 0 aliphatic carbocycles. The van der Waals surface area contributed by atoms with Crippen LogP contribution in [-0.2, 0) is 17.6 Å². The molecule has 1 aromatic carbocycles. The number of benzene rings is 1. The average molecular weight is 359 g/mol. The van der Waals surface area contributed by atoms with E-state index in [2.05, 4.69) is 15.6 Å². The molecule has 1 aliphatic rings. The first-order chi connectivity index (χ1) is 12.8. The Kier molecular flexibility index (Phi) is 7.07. The molecule has 1 saturated heterocycles. The van der Waals surface area contributed by atoms with Crippen LogP contribution in [0.5, 0.6) is 0 Å². The number of hydrogen-bond donors (Lipinski definition) is 2. The highest BCUT2D eigenvalue weighted by Gasteiger charge is 2.15. The molecule has 6 heteroatoms. The minimum Gasteiger partial charge on any atom is -0.469 e. The molecule has 2 heterocycles. The molecule has 1 aromatic heterocycles. The fraction of sp³-hybridized carbons (Fsp3) is 0.450. The Hall–Kier alpha value is -2.34. The minimum atomic E-state index is -0.169. The molecule has 0 amide bonds. The van der Waals surface area contributed by atoms with Crippen LogP contribution in [0.25, 0.3) is 0 Å². The van der Waals surface area contributed by atoms with Crippen LogP contribution in [0.1, 0.15) is 24.2 Å². The predicted molar refractivity (Wildman–Crippen MR) is 99.8 cm³/mol. The summed E-state index contributed by atoms with van der Waals surface area (Å²) >= 11 is 0. The van der Waals surface area contributed by atoms with E-state index < -0.39 is 0 Å². The lowest BCUT2D eigenvalue weighted by atomic mass is 10.1. The highest BCUT2D eigenvalue weighted by molar-refractivity contribution is 5.79. The lowest BCUT2D eigenvalue weighted by molar-refractivity contribution is 0.117. The summed E-state index contributed by atoms with van der Waals surface area (Å²) in [5.41, 5.74) is 0.703. The summed E-state index contributed by atoms with van der Waals surface area (Å²) in [4.78, 5) is 4.62. The largest absolute Gasteiger partial charge is 0.469 e. The number of ether oxygens (including phenoxy) is 1. The van der Waals surface area contributed by atoms with E-state index in [0.29, 0.717) is 31.6 Å². The van der Waals surface area contributed by atoms with E-state index in [-0.39, 0.29) is 11.9 Å². The topological polar surface area (TPSA) is 58.8 Å². The van der Waals surface area contributed by atoms with Crippen LogP contribution >= 0.6 is 0 Å². The summed E-state index contributed by atoms with van der Waals surface area (Å²) in [5.74, 6) is 1.49. The van der Waals surface area contributed by atoms with Gasteiger partial charge in [-0.2, -0.15) is 0 Å². The standard InChI is InChI=1S/C20H26FN3O2/c21-19-8-2-1-5-16(19)9-11-22-20(24-15-18-7-4-14-26-18)23-12-10-17-6-3-13-25-17/h1-3,5-6,8,13,18H,4,7,9-12,14-15H2,(H2,22,23,24). The van der Waals surface area contributed by atoms with Gasteiger partial charge in [0.15, 0.2) is 5.96 Å². The number of aliphatic imine (C=N–C) groups is 1. The number of halogens is 1. The Bertz CT molecular complexity index is 682. The van der Waals surface area contributed by atoms with Crippen LogP contribution in [0.4, 0.5) is 4.39 Å². The van der Waals surface area contributed by atoms with Crippen molar-refractivity contribution in [2.75, 3.05) is 26.2 Å². The molecule has 1 atom stereocenters. The molecule has 1 fully saturated rings. The van der Waals surface area contributed by atoms with E-state index in [9.17, 15) is 4.39 Å². The number of nitrogens with zero attached hydrogens (tertiary/aromatic N) is 1. The monoisotopic (exact) mass is 359 g/mol. The van der Waals surface area contributed by atoms with Crippen LogP contribution in [0.3, 0.4) is 0 Å². The third-order valence-electron chi connectivity index (χ3n) is 4.37. The van der Waals surface area contributed by atoms with E-state index in [0.717, 1.165) is 37.6 Å². The van der Waals surface area contributed by atoms with Crippen molar-refractivity contribution in [2.24, 2.45) is 4.99 Å². The predicted octanol–water partition coefficient (Wildman–Crippen LogP) is 2.92. The molecule has 1 unspecified atom stereocenters. The van der Waals surface area contributed by atoms with Gasteiger partial charge in [-0.15, -0.1) is 0 Å². The molecule has 3 rings (SSSR count). The SMILES string of the molecule is Fc1ccccc1CCNC(=NCC1CCCO1)NCCc1ccco1. The van der Waals surface area contributed by atoms with Gasteiger partial charge in [0.2, 0.25) is 0 Å². The third kappa shape index (κ3) is 5.88. The lowest BCUT2D eigenvalue weighted by Gasteiger charge is -2.14. The molecular formula is C20H26FN3O2. The van der Waals surface area contributed by atoms with Crippen LogP contribution in [-0.4, -0.2) is 38.3 Å². The fourth-order valence-electron chi connectivity index (χ4n) is 2.93. The molecule has 0 bridgehead atoms. The second-order valence-electron chi connectivity index (χ2n) is 6.35. The van der Waals surface area contributed by atoms with Crippen LogP contribution in [0.15, 0.2) is 52.1 Å². The van der Waals surface area contributed by atoms with Gasteiger partial charge >= 0.3 is 0 Å². The van der Waals surface area contributed by atoms with Gasteiger partial charge in [-0.3, -0.25) is 4.99 Å². The Morgan fingerprint density at radius 2 is 1.96 bits per heavy atom. The van der Waals surface area contributed by atoms with E-state index in [1.807, 2.05) is 24.3 Å². The van der Waals surface area contributed by atoms with Gasteiger partial charge in [-0.25, -0.2) is 4.39 Å². The normalized spacial score (nSPS) is 17.4. The molecule has 0 saturated carbocycles. The van der Waals surface area contributed by atoms with Crippen molar-refractivity contribution in [3.05, 3.63) is 59.8 Å². The summed E-state index contributed by atoms with van der Waals surface area (Å²) in [5, 5.41) is 6.60. The molecule has 0 spiro atoms. The average Bonchev–Trinajstić information content (AvgIpc) is 3.34. The van der Waals surface area contributed by atoms with Crippen molar-refractivity contribution in [1.29, 1.82) is 0 Å². The van der Waals surface area contributed by atoms with E-state index >= 15 is 0 Å². The Morgan fingerprint density at radius 1 is 1.12 bits per heavy atom. The molecule has 26 heavy (non-hydrogen) atoms. The van der Waals surface area contributed by atoms with Crippen molar-refractivity contribution in [2.45, 2.75) is 31.8 Å². The smallest absolute Gasteiger partial charge is 0.191 e. The number of nitrogens with one attached hydrogen (secondary N) is 2. The van der Waals surface area contributed by atoms with Gasteiger partial charge in [0.25, 0.3) is 0 Å². The summed E-state index contributed by atoms with van der Waals surface area (Å²) in [6.45, 7) is 2.78. The van der Waals surface area contributed by atoms with Crippen molar-refractivity contribution >= 4 is 5.96 Å². The number of rotatable bonds is 8. The van der Waals surface area contributed by atoms with Crippen molar-refractivity contribution in [3.63, 3.8) is 0 Å². The second-order valence-corrected chi connectivity index (χ2v) is 6.35. The summed E-state index contributed by atoms with van der Waals surface area (Å²) in [7, 11) is 0. The molecule has 2 aromatic rings. The first-order valence-electron chi connectivity index (χ1n) is 9.21. The number of guanidine groups is 1. The second kappa shape index (κ2) is 9.97. The Morgan fingerprint density at radius 3 is 2.69 bits per heavy atom. The number of hydrogen-bond acceptors (Lipinski definition) is 3. The van der Waals surface area contributed by atoms with Gasteiger partial charge in [0.05, 0.1) is 18.9 Å². The maximum Gasteiger partial charge on any atom is 0.191 e. The molecule has 5 nitrogen and oxygen atoms in total. The van der Waals surface area contributed by atoms with Crippen molar-refractivity contribution < 1.29 is 13.5 Å². The zero-order chi connectivity index (χ0) is 18.0. The van der Waals surface area contributed by atoms with E-state index in [1.54, 1.807) is 12.3 Å². The first kappa shape index (κ1) is 18.5. The molecular weight excluding hydrogens is 333 g/mol. The fourth-order valence-corrected chi connectivity index (χ4v) is 2.93. The zero-order valence-electron chi connectivity index (χ0n) is 14.9. The maximum absolute atomic E-state index is 13.7. The van der Waals surface area contributed by atoms with Crippen molar-refractivity contribution in [3.8, 4) is 0 Å². The molecule has 140 valence electrons. The van der Waals surface area contributed by atoms with Crippen LogP contribution in [0.2, 0.25) is 0 Å². The van der Waals surface area contributed by atoms with Gasteiger partial charge in [-0.05, 0) is 43.0 Å². The molecule has 1 aliphatic heterocycles. The van der Waals surface area contributed by atoms with E-state index in [4.69, 9.17) is 9.15 Å². The van der Waals surface area contributed by atoms with Gasteiger partial charge in [-0.1, -0.05) is 18.2 Å². The molecule has 0 radical (unpaired) electrons. The van der Waals surface area contributed by atoms with E-state index in [1.165, 1.54) is 6.07 Å². The van der Waals surface area contributed by atoms with Gasteiger partial charge < -0.3 is 19.8 Å². The highest BCUT2D eigenvalue weighted by atomic mass is 19.1. The highest BCUT2D eigenvalue weighted by Crippen LogP contribution is 2.11. The quantitative estimate of drug-likeness (QED) is 0.562. The lowest BCUT2D eigenvalue weighted by Crippen LogP contribution is -2.40. The first-order valence-corrected chi connectivity index (χ1v) is 9.21. The Balaban J connectivity index is 1.49. The summed E-state index contributed by atoms with van der Waals surface area (Å²) in [6, 6.07) is 10.7. The number of furan rings is 1. The minimum absolute atomic E-state index is 0.169. The van der Waals surface area contributed by atoms with Crippen LogP contribution < -0.4 is 10.6 Å². The Labute approximate surface area is 153 Å². The zero-order valence-corrected chi connectivity index (χ0v) is 14.9. The van der Waals surface area contributed by atoms with Crippen molar-refractivity contribution in [1.82, 2.24) is 10.6 Å². The van der Waals surface area contributed by atoms with Crippen LogP contribution in [0, 0.1) is 5.82 Å². The van der Waals surface area contributed by atoms with Gasteiger partial charge in [0.1, 0.15) is 11.6 Å².